The number of aliphatic carboxylic acids is 1. The standard InChI is InChI=1S/C25H19ClFNO4/c26-20-9-4-16(5-10-20)2-1-3-22(29)17-6-11-21(12-7-17)32-23-13-8-18(14-19(23)15-28)24(27)25(30)31/h4-14,24H,1-3H2,(H,30,31). The van der Waals surface area contributed by atoms with Crippen LogP contribution in [0.25, 0.3) is 0 Å². The Labute approximate surface area is 189 Å². The van der Waals surface area contributed by atoms with Crippen molar-refractivity contribution in [3.63, 3.8) is 0 Å². The second-order valence-electron chi connectivity index (χ2n) is 7.10. The maximum Gasteiger partial charge on any atom is 0.343 e. The average Bonchev–Trinajstić information content (AvgIpc) is 2.80. The van der Waals surface area contributed by atoms with Crippen molar-refractivity contribution in [1.29, 1.82) is 5.26 Å². The van der Waals surface area contributed by atoms with E-state index in [-0.39, 0.29) is 22.7 Å². The minimum absolute atomic E-state index is 0.00810. The van der Waals surface area contributed by atoms with Gasteiger partial charge in [0.15, 0.2) is 5.78 Å². The van der Waals surface area contributed by atoms with E-state index in [1.807, 2.05) is 30.3 Å². The molecule has 1 N–H and O–H groups in total. The minimum atomic E-state index is -2.22. The maximum absolute atomic E-state index is 13.7. The van der Waals surface area contributed by atoms with Crippen molar-refractivity contribution in [2.75, 3.05) is 0 Å². The Hall–Kier alpha value is -3.69. The van der Waals surface area contributed by atoms with Gasteiger partial charge in [-0.15, -0.1) is 0 Å². The molecule has 162 valence electrons. The Bertz CT molecular complexity index is 1150. The molecule has 0 fully saturated rings. The third-order valence-corrected chi connectivity index (χ3v) is 5.07. The molecule has 0 saturated heterocycles. The minimum Gasteiger partial charge on any atom is -0.479 e. The lowest BCUT2D eigenvalue weighted by atomic mass is 10.0. The van der Waals surface area contributed by atoms with Crippen LogP contribution < -0.4 is 4.74 Å². The summed E-state index contributed by atoms with van der Waals surface area (Å²) >= 11 is 5.87. The molecule has 0 saturated carbocycles. The van der Waals surface area contributed by atoms with Gasteiger partial charge in [-0.2, -0.15) is 5.26 Å². The number of ketones is 1. The number of hydrogen-bond acceptors (Lipinski definition) is 4. The fraction of sp³-hybridized carbons (Fsp3) is 0.160. The molecule has 0 radical (unpaired) electrons. The summed E-state index contributed by atoms with van der Waals surface area (Å²) in [6.45, 7) is 0. The molecular formula is C25H19ClFNO4. The number of halogens is 2. The van der Waals surface area contributed by atoms with Crippen molar-refractivity contribution in [3.05, 3.63) is 94.0 Å². The lowest BCUT2D eigenvalue weighted by Gasteiger charge is -2.10. The summed E-state index contributed by atoms with van der Waals surface area (Å²) in [5.41, 5.74) is 1.54. The van der Waals surface area contributed by atoms with Gasteiger partial charge in [0, 0.05) is 17.0 Å². The largest absolute Gasteiger partial charge is 0.479 e. The van der Waals surface area contributed by atoms with Gasteiger partial charge in [0.2, 0.25) is 6.17 Å². The number of Topliss-reactive ketones (excluding diaryl/α,β-unsaturated/α-hetero) is 1. The molecule has 1 atom stereocenters. The van der Waals surface area contributed by atoms with E-state index in [0.29, 0.717) is 29.2 Å². The molecular weight excluding hydrogens is 433 g/mol. The quantitative estimate of drug-likeness (QED) is 0.385. The van der Waals surface area contributed by atoms with Crippen molar-refractivity contribution >= 4 is 23.4 Å². The predicted molar refractivity (Wildman–Crippen MR) is 118 cm³/mol. The first-order chi connectivity index (χ1) is 15.4. The molecule has 0 heterocycles. The number of carboxylic acid groups (broad SMARTS) is 1. The summed E-state index contributed by atoms with van der Waals surface area (Å²) in [5, 5.41) is 18.7. The molecule has 0 aliphatic rings. The molecule has 0 aromatic heterocycles. The summed E-state index contributed by atoms with van der Waals surface area (Å²) in [5.74, 6) is -1.07. The van der Waals surface area contributed by atoms with Crippen molar-refractivity contribution in [1.82, 2.24) is 0 Å². The molecule has 3 aromatic rings. The highest BCUT2D eigenvalue weighted by molar-refractivity contribution is 6.30. The Morgan fingerprint density at radius 3 is 2.38 bits per heavy atom. The Kier molecular flexibility index (Phi) is 7.58. The first-order valence-corrected chi connectivity index (χ1v) is 10.2. The molecule has 5 nitrogen and oxygen atoms in total. The molecule has 0 amide bonds. The molecule has 0 aliphatic carbocycles. The van der Waals surface area contributed by atoms with Gasteiger partial charge in [-0.05, 0) is 72.5 Å². The molecule has 3 aromatic carbocycles. The fourth-order valence-electron chi connectivity index (χ4n) is 3.11. The monoisotopic (exact) mass is 451 g/mol. The van der Waals surface area contributed by atoms with Gasteiger partial charge in [0.05, 0.1) is 5.56 Å². The van der Waals surface area contributed by atoms with Gasteiger partial charge in [0.25, 0.3) is 0 Å². The van der Waals surface area contributed by atoms with Crippen LogP contribution in [0.3, 0.4) is 0 Å². The third-order valence-electron chi connectivity index (χ3n) is 4.82. The SMILES string of the molecule is N#Cc1cc(C(F)C(=O)O)ccc1Oc1ccc(C(=O)CCCc2ccc(Cl)cc2)cc1. The van der Waals surface area contributed by atoms with E-state index in [9.17, 15) is 19.2 Å². The number of benzene rings is 3. The highest BCUT2D eigenvalue weighted by atomic mass is 35.5. The van der Waals surface area contributed by atoms with Gasteiger partial charge < -0.3 is 9.84 Å². The fourth-order valence-corrected chi connectivity index (χ4v) is 3.23. The maximum atomic E-state index is 13.7. The van der Waals surface area contributed by atoms with Crippen LogP contribution in [0.1, 0.15) is 46.1 Å². The number of alkyl halides is 1. The highest BCUT2D eigenvalue weighted by Crippen LogP contribution is 2.29. The Morgan fingerprint density at radius 2 is 1.75 bits per heavy atom. The topological polar surface area (TPSA) is 87.4 Å². The molecule has 7 heteroatoms. The van der Waals surface area contributed by atoms with Gasteiger partial charge in [-0.1, -0.05) is 29.8 Å². The summed E-state index contributed by atoms with van der Waals surface area (Å²) in [4.78, 5) is 23.2. The summed E-state index contributed by atoms with van der Waals surface area (Å²) in [6.07, 6.45) is -0.334. The van der Waals surface area contributed by atoms with E-state index < -0.39 is 12.1 Å². The van der Waals surface area contributed by atoms with E-state index in [2.05, 4.69) is 0 Å². The molecule has 32 heavy (non-hydrogen) atoms. The van der Waals surface area contributed by atoms with Crippen LogP contribution in [0.15, 0.2) is 66.7 Å². The summed E-state index contributed by atoms with van der Waals surface area (Å²) in [6, 6.07) is 19.7. The lowest BCUT2D eigenvalue weighted by Crippen LogP contribution is -2.06. The van der Waals surface area contributed by atoms with Gasteiger partial charge >= 0.3 is 5.97 Å². The van der Waals surface area contributed by atoms with Gasteiger partial charge in [-0.3, -0.25) is 4.79 Å². The van der Waals surface area contributed by atoms with Crippen LogP contribution in [0.4, 0.5) is 4.39 Å². The average molecular weight is 452 g/mol. The van der Waals surface area contributed by atoms with E-state index in [1.54, 1.807) is 24.3 Å². The van der Waals surface area contributed by atoms with Crippen LogP contribution >= 0.6 is 11.6 Å². The molecule has 0 bridgehead atoms. The molecule has 3 rings (SSSR count). The first kappa shape index (κ1) is 23.0. The van der Waals surface area contributed by atoms with Crippen molar-refractivity contribution in [2.24, 2.45) is 0 Å². The lowest BCUT2D eigenvalue weighted by molar-refractivity contribution is -0.143. The Balaban J connectivity index is 1.60. The van der Waals surface area contributed by atoms with Crippen LogP contribution in [-0.4, -0.2) is 16.9 Å². The van der Waals surface area contributed by atoms with Crippen LogP contribution in [0.5, 0.6) is 11.5 Å². The molecule has 1 unspecified atom stereocenters. The van der Waals surface area contributed by atoms with Gasteiger partial charge in [-0.25, -0.2) is 9.18 Å². The number of carbonyl (C=O) groups is 2. The molecule has 0 aliphatic heterocycles. The second kappa shape index (κ2) is 10.6. The van der Waals surface area contributed by atoms with E-state index in [0.717, 1.165) is 18.1 Å². The van der Waals surface area contributed by atoms with Crippen LogP contribution in [-0.2, 0) is 11.2 Å². The highest BCUT2D eigenvalue weighted by Gasteiger charge is 2.20. The Morgan fingerprint density at radius 1 is 1.06 bits per heavy atom. The summed E-state index contributed by atoms with van der Waals surface area (Å²) in [7, 11) is 0. The zero-order chi connectivity index (χ0) is 23.1. The normalized spacial score (nSPS) is 11.4. The number of ether oxygens (including phenoxy) is 1. The smallest absolute Gasteiger partial charge is 0.343 e. The van der Waals surface area contributed by atoms with E-state index >= 15 is 0 Å². The summed E-state index contributed by atoms with van der Waals surface area (Å²) < 4.78 is 19.3. The van der Waals surface area contributed by atoms with Crippen molar-refractivity contribution in [2.45, 2.75) is 25.4 Å². The van der Waals surface area contributed by atoms with Crippen molar-refractivity contribution < 1.29 is 23.8 Å². The first-order valence-electron chi connectivity index (χ1n) is 9.84. The number of nitrogens with zero attached hydrogens (tertiary/aromatic N) is 1. The zero-order valence-corrected chi connectivity index (χ0v) is 17.7. The molecule has 0 spiro atoms. The number of rotatable bonds is 9. The van der Waals surface area contributed by atoms with Crippen molar-refractivity contribution in [3.8, 4) is 17.6 Å². The zero-order valence-electron chi connectivity index (χ0n) is 16.9. The number of carboxylic acids is 1. The predicted octanol–water partition coefficient (Wildman–Crippen LogP) is 6.30. The number of nitriles is 1. The second-order valence-corrected chi connectivity index (χ2v) is 7.53. The number of hydrogen-bond donors (Lipinski definition) is 1. The number of carbonyl (C=O) groups excluding carboxylic acids is 1. The van der Waals surface area contributed by atoms with Gasteiger partial charge in [0.1, 0.15) is 17.6 Å². The van der Waals surface area contributed by atoms with E-state index in [1.165, 1.54) is 12.1 Å². The van der Waals surface area contributed by atoms with Crippen LogP contribution in [0.2, 0.25) is 5.02 Å². The van der Waals surface area contributed by atoms with Crippen LogP contribution in [0, 0.1) is 11.3 Å². The number of aryl methyl sites for hydroxylation is 1. The van der Waals surface area contributed by atoms with E-state index in [4.69, 9.17) is 21.4 Å². The third kappa shape index (κ3) is 5.93.